The molecule has 1 saturated heterocycles. The number of anilines is 2. The lowest BCUT2D eigenvalue weighted by atomic mass is 9.73. The van der Waals surface area contributed by atoms with E-state index in [0.717, 1.165) is 12.0 Å². The van der Waals surface area contributed by atoms with Crippen LogP contribution in [0.3, 0.4) is 0 Å². The number of fused-ring (bicyclic) bond motifs is 1. The van der Waals surface area contributed by atoms with Crippen molar-refractivity contribution >= 4 is 62.6 Å². The first-order chi connectivity index (χ1) is 18.7. The number of benzene rings is 3. The molecule has 0 bridgehead atoms. The van der Waals surface area contributed by atoms with Gasteiger partial charge in [0.1, 0.15) is 0 Å². The molecule has 3 aromatic carbocycles. The third kappa shape index (κ3) is 5.63. The van der Waals surface area contributed by atoms with E-state index >= 15 is 0 Å². The highest BCUT2D eigenvalue weighted by Gasteiger charge is 2.50. The quantitative estimate of drug-likeness (QED) is 0.262. The number of nitrogens with zero attached hydrogens (tertiary/aromatic N) is 1. The molecule has 0 radical (unpaired) electrons. The smallest absolute Gasteiger partial charge is 0.338 e. The molecule has 1 saturated carbocycles. The van der Waals surface area contributed by atoms with Gasteiger partial charge in [0, 0.05) is 10.2 Å². The highest BCUT2D eigenvalue weighted by molar-refractivity contribution is 9.10. The highest BCUT2D eigenvalue weighted by Crippen LogP contribution is 2.45. The van der Waals surface area contributed by atoms with Crippen molar-refractivity contribution in [3.05, 3.63) is 92.9 Å². The number of hydrogen-bond donors (Lipinski definition) is 1. The largest absolute Gasteiger partial charge is 0.452 e. The van der Waals surface area contributed by atoms with E-state index in [1.807, 2.05) is 25.1 Å². The number of carbonyl (C=O) groups is 4. The van der Waals surface area contributed by atoms with Crippen molar-refractivity contribution < 1.29 is 23.9 Å². The lowest BCUT2D eigenvalue weighted by Crippen LogP contribution is -2.31. The van der Waals surface area contributed by atoms with Crippen molar-refractivity contribution in [1.29, 1.82) is 0 Å². The van der Waals surface area contributed by atoms with Crippen LogP contribution in [0.1, 0.15) is 46.7 Å². The number of imide groups is 1. The van der Waals surface area contributed by atoms with Gasteiger partial charge in [0.15, 0.2) is 6.61 Å². The second-order valence-electron chi connectivity index (χ2n) is 9.90. The number of nitrogens with one attached hydrogen (secondary N) is 1. The number of esters is 1. The molecule has 5 rings (SSSR count). The van der Waals surface area contributed by atoms with E-state index in [1.54, 1.807) is 24.3 Å². The van der Waals surface area contributed by atoms with Crippen LogP contribution in [0.25, 0.3) is 0 Å². The van der Waals surface area contributed by atoms with Crippen molar-refractivity contribution in [3.8, 4) is 0 Å². The monoisotopic (exact) mass is 608 g/mol. The van der Waals surface area contributed by atoms with Gasteiger partial charge >= 0.3 is 5.97 Å². The fourth-order valence-electron chi connectivity index (χ4n) is 5.42. The summed E-state index contributed by atoms with van der Waals surface area (Å²) < 4.78 is 5.91. The molecule has 1 aliphatic heterocycles. The molecule has 3 amide bonds. The van der Waals surface area contributed by atoms with E-state index < -0.39 is 18.5 Å². The molecule has 0 aromatic heterocycles. The summed E-state index contributed by atoms with van der Waals surface area (Å²) in [6, 6.07) is 19.6. The van der Waals surface area contributed by atoms with Gasteiger partial charge in [-0.3, -0.25) is 19.3 Å². The van der Waals surface area contributed by atoms with E-state index in [1.165, 1.54) is 22.6 Å². The zero-order valence-electron chi connectivity index (χ0n) is 21.2. The number of ether oxygens (including phenoxy) is 1. The van der Waals surface area contributed by atoms with Crippen molar-refractivity contribution in [2.45, 2.75) is 32.1 Å². The number of aryl methyl sites for hydroxylation is 1. The molecule has 1 aliphatic carbocycles. The van der Waals surface area contributed by atoms with Crippen LogP contribution in [-0.4, -0.2) is 30.3 Å². The van der Waals surface area contributed by atoms with Crippen molar-refractivity contribution in [1.82, 2.24) is 0 Å². The Hall–Kier alpha value is -3.49. The van der Waals surface area contributed by atoms with Gasteiger partial charge in [-0.05, 0) is 89.5 Å². The van der Waals surface area contributed by atoms with Gasteiger partial charge in [-0.15, -0.1) is 0 Å². The van der Waals surface area contributed by atoms with Crippen molar-refractivity contribution in [2.24, 2.45) is 11.8 Å². The second-order valence-corrected chi connectivity index (χ2v) is 11.2. The summed E-state index contributed by atoms with van der Waals surface area (Å²) in [5.74, 6) is -2.24. The minimum atomic E-state index is -0.738. The third-order valence-corrected chi connectivity index (χ3v) is 8.61. The van der Waals surface area contributed by atoms with Gasteiger partial charge in [0.05, 0.1) is 28.1 Å². The van der Waals surface area contributed by atoms with Crippen LogP contribution in [0, 0.1) is 18.8 Å². The maximum atomic E-state index is 13.4. The average molecular weight is 610 g/mol. The molecule has 9 heteroatoms. The molecule has 0 spiro atoms. The average Bonchev–Trinajstić information content (AvgIpc) is 3.19. The van der Waals surface area contributed by atoms with Gasteiger partial charge in [-0.1, -0.05) is 48.0 Å². The fourth-order valence-corrected chi connectivity index (χ4v) is 6.04. The standard InChI is InChI=1S/C30H26BrClN2O5/c1-17-12-24(31)25(32)15-26(17)33-27(35)16-39-30(38)20-8-5-9-21(13-20)34-28(36)22-11-10-19(14-23(22)29(34)37)18-6-3-2-4-7-18/h2-9,12-13,15,19,22-23H,10-11,14,16H2,1H3,(H,33,35)/t19-,22-,23+/m1/s1. The molecular formula is C30H26BrClN2O5. The fraction of sp³-hybridized carbons (Fsp3) is 0.267. The molecule has 7 nitrogen and oxygen atoms in total. The van der Waals surface area contributed by atoms with Crippen LogP contribution >= 0.6 is 27.5 Å². The number of carbonyl (C=O) groups excluding carboxylic acids is 4. The lowest BCUT2D eigenvalue weighted by Gasteiger charge is -2.28. The molecule has 1 N–H and O–H groups in total. The Kier molecular flexibility index (Phi) is 7.86. The summed E-state index contributed by atoms with van der Waals surface area (Å²) in [7, 11) is 0. The Bertz CT molecular complexity index is 1460. The summed E-state index contributed by atoms with van der Waals surface area (Å²) in [6.07, 6.45) is 2.11. The molecule has 0 unspecified atom stereocenters. The van der Waals surface area contributed by atoms with Crippen LogP contribution in [0.2, 0.25) is 5.02 Å². The summed E-state index contributed by atoms with van der Waals surface area (Å²) in [5, 5.41) is 3.11. The normalized spacial score (nSPS) is 20.5. The number of hydrogen-bond acceptors (Lipinski definition) is 5. The van der Waals surface area contributed by atoms with Crippen LogP contribution in [-0.2, 0) is 19.1 Å². The van der Waals surface area contributed by atoms with Crippen molar-refractivity contribution in [3.63, 3.8) is 0 Å². The molecule has 3 atom stereocenters. The second kappa shape index (κ2) is 11.3. The van der Waals surface area contributed by atoms with Gasteiger partial charge in [0.25, 0.3) is 5.91 Å². The highest BCUT2D eigenvalue weighted by atomic mass is 79.9. The molecular weight excluding hydrogens is 584 g/mol. The Morgan fingerprint density at radius 3 is 2.51 bits per heavy atom. The van der Waals surface area contributed by atoms with Gasteiger partial charge in [0.2, 0.25) is 11.8 Å². The zero-order valence-corrected chi connectivity index (χ0v) is 23.5. The number of amides is 3. The van der Waals surface area contributed by atoms with Crippen molar-refractivity contribution in [2.75, 3.05) is 16.8 Å². The Labute approximate surface area is 239 Å². The van der Waals surface area contributed by atoms with Gasteiger partial charge < -0.3 is 10.1 Å². The molecule has 2 fully saturated rings. The number of halogens is 2. The maximum Gasteiger partial charge on any atom is 0.338 e. The minimum absolute atomic E-state index is 0.140. The maximum absolute atomic E-state index is 13.4. The molecule has 200 valence electrons. The van der Waals surface area contributed by atoms with E-state index in [4.69, 9.17) is 16.3 Å². The topological polar surface area (TPSA) is 92.8 Å². The predicted molar refractivity (Wildman–Crippen MR) is 152 cm³/mol. The molecule has 3 aromatic rings. The summed E-state index contributed by atoms with van der Waals surface area (Å²) >= 11 is 9.44. The van der Waals surface area contributed by atoms with Gasteiger partial charge in [-0.2, -0.15) is 0 Å². The van der Waals surface area contributed by atoms with Gasteiger partial charge in [-0.25, -0.2) is 4.79 Å². The third-order valence-electron chi connectivity index (χ3n) is 7.41. The van der Waals surface area contributed by atoms with Crippen LogP contribution < -0.4 is 10.2 Å². The molecule has 1 heterocycles. The SMILES string of the molecule is Cc1cc(Br)c(Cl)cc1NC(=O)COC(=O)c1cccc(N2C(=O)[C@H]3C[C@H](c4ccccc4)CC[C@H]3C2=O)c1. The number of rotatable bonds is 6. The van der Waals surface area contributed by atoms with Crippen LogP contribution in [0.4, 0.5) is 11.4 Å². The first-order valence-electron chi connectivity index (χ1n) is 12.7. The van der Waals surface area contributed by atoms with E-state index in [9.17, 15) is 19.2 Å². The van der Waals surface area contributed by atoms with Crippen LogP contribution in [0.5, 0.6) is 0 Å². The van der Waals surface area contributed by atoms with Crippen LogP contribution in [0.15, 0.2) is 71.2 Å². The Morgan fingerprint density at radius 1 is 1.00 bits per heavy atom. The first kappa shape index (κ1) is 27.1. The molecule has 2 aliphatic rings. The Morgan fingerprint density at radius 2 is 1.74 bits per heavy atom. The summed E-state index contributed by atoms with van der Waals surface area (Å²) in [5.41, 5.74) is 2.94. The Balaban J connectivity index is 1.24. The summed E-state index contributed by atoms with van der Waals surface area (Å²) in [6.45, 7) is 1.30. The van der Waals surface area contributed by atoms with E-state index in [2.05, 4.69) is 33.4 Å². The van der Waals surface area contributed by atoms with E-state index in [0.29, 0.717) is 33.7 Å². The first-order valence-corrected chi connectivity index (χ1v) is 13.9. The minimum Gasteiger partial charge on any atom is -0.452 e. The molecule has 39 heavy (non-hydrogen) atoms. The lowest BCUT2D eigenvalue weighted by molar-refractivity contribution is -0.122. The summed E-state index contributed by atoms with van der Waals surface area (Å²) in [4.78, 5) is 53.0. The van der Waals surface area contributed by atoms with E-state index in [-0.39, 0.29) is 35.1 Å². The predicted octanol–water partition coefficient (Wildman–Crippen LogP) is 6.28. The zero-order chi connectivity index (χ0) is 27.7.